The van der Waals surface area contributed by atoms with Crippen molar-refractivity contribution in [3.8, 4) is 0 Å². The molecular weight excluding hydrogens is 246 g/mol. The molecule has 20 heavy (non-hydrogen) atoms. The fourth-order valence-electron chi connectivity index (χ4n) is 5.58. The average molecular weight is 269 g/mol. The Kier molecular flexibility index (Phi) is 2.87. The summed E-state index contributed by atoms with van der Waals surface area (Å²) in [6.45, 7) is 0. The van der Waals surface area contributed by atoms with E-state index in [9.17, 15) is 5.21 Å². The minimum atomic E-state index is 0.222. The largest absolute Gasteiger partial charge is 0.411 e. The van der Waals surface area contributed by atoms with E-state index in [-0.39, 0.29) is 5.41 Å². The van der Waals surface area contributed by atoms with Crippen molar-refractivity contribution in [1.82, 2.24) is 0 Å². The molecule has 4 bridgehead atoms. The Hall–Kier alpha value is -1.31. The summed E-state index contributed by atoms with van der Waals surface area (Å²) in [5, 5.41) is 13.4. The number of rotatable bonds is 3. The first-order chi connectivity index (χ1) is 9.77. The van der Waals surface area contributed by atoms with E-state index >= 15 is 0 Å². The number of hydrogen-bond donors (Lipinski definition) is 1. The Bertz CT molecular complexity index is 484. The average Bonchev–Trinajstić information content (AvgIpc) is 2.44. The molecule has 0 aliphatic heterocycles. The molecule has 0 atom stereocenters. The molecule has 1 aromatic rings. The van der Waals surface area contributed by atoms with Crippen molar-refractivity contribution in [1.29, 1.82) is 0 Å². The van der Waals surface area contributed by atoms with Gasteiger partial charge in [0.05, 0.1) is 5.71 Å². The van der Waals surface area contributed by atoms with Crippen molar-refractivity contribution in [2.75, 3.05) is 0 Å². The molecule has 106 valence electrons. The van der Waals surface area contributed by atoms with Crippen molar-refractivity contribution in [3.05, 3.63) is 35.9 Å². The van der Waals surface area contributed by atoms with Gasteiger partial charge in [0.1, 0.15) is 0 Å². The summed E-state index contributed by atoms with van der Waals surface area (Å²) in [5.41, 5.74) is 2.55. The van der Waals surface area contributed by atoms with Gasteiger partial charge in [0.2, 0.25) is 0 Å². The molecule has 0 amide bonds. The van der Waals surface area contributed by atoms with Crippen LogP contribution in [0, 0.1) is 23.2 Å². The zero-order valence-electron chi connectivity index (χ0n) is 12.0. The summed E-state index contributed by atoms with van der Waals surface area (Å²) in [6, 6.07) is 10.5. The van der Waals surface area contributed by atoms with Crippen LogP contribution in [-0.4, -0.2) is 10.9 Å². The Morgan fingerprint density at radius 3 is 2.05 bits per heavy atom. The van der Waals surface area contributed by atoms with Crippen LogP contribution in [0.4, 0.5) is 0 Å². The molecule has 0 aromatic heterocycles. The van der Waals surface area contributed by atoms with Gasteiger partial charge in [0.25, 0.3) is 0 Å². The van der Waals surface area contributed by atoms with Gasteiger partial charge in [0, 0.05) is 11.8 Å². The molecule has 0 heterocycles. The lowest BCUT2D eigenvalue weighted by molar-refractivity contribution is -0.0145. The van der Waals surface area contributed by atoms with Gasteiger partial charge in [-0.05, 0) is 61.8 Å². The van der Waals surface area contributed by atoms with Crippen LogP contribution in [0.2, 0.25) is 0 Å². The lowest BCUT2D eigenvalue weighted by atomic mass is 9.48. The molecular formula is C18H23NO. The fourth-order valence-corrected chi connectivity index (χ4v) is 5.58. The maximum atomic E-state index is 9.64. The molecule has 4 aliphatic carbocycles. The Labute approximate surface area is 120 Å². The van der Waals surface area contributed by atoms with Gasteiger partial charge in [0.15, 0.2) is 0 Å². The number of oxime groups is 1. The second-order valence-corrected chi connectivity index (χ2v) is 7.41. The molecule has 4 aliphatic rings. The molecule has 5 rings (SSSR count). The third-order valence-electron chi connectivity index (χ3n) is 5.99. The van der Waals surface area contributed by atoms with E-state index in [4.69, 9.17) is 0 Å². The van der Waals surface area contributed by atoms with Gasteiger partial charge in [-0.2, -0.15) is 0 Å². The highest BCUT2D eigenvalue weighted by atomic mass is 16.4. The molecule has 0 unspecified atom stereocenters. The Balaban J connectivity index is 1.62. The van der Waals surface area contributed by atoms with Crippen LogP contribution >= 0.6 is 0 Å². The number of hydrogen-bond acceptors (Lipinski definition) is 2. The first-order valence-electron chi connectivity index (χ1n) is 8.03. The summed E-state index contributed by atoms with van der Waals surface area (Å²) in [6.07, 6.45) is 8.93. The normalized spacial score (nSPS) is 39.2. The van der Waals surface area contributed by atoms with Crippen LogP contribution in [0.3, 0.4) is 0 Å². The van der Waals surface area contributed by atoms with E-state index in [0.717, 1.165) is 29.9 Å². The van der Waals surface area contributed by atoms with Crippen molar-refractivity contribution in [2.45, 2.75) is 44.9 Å². The standard InChI is InChI=1S/C18H23NO/c20-19-17(9-13-4-2-1-3-5-13)18-10-14-6-15(11-18)8-16(7-14)12-18/h1-5,14-16,20H,6-12H2. The lowest BCUT2D eigenvalue weighted by Gasteiger charge is -2.56. The predicted octanol–water partition coefficient (Wildman–Crippen LogP) is 4.28. The topological polar surface area (TPSA) is 32.6 Å². The van der Waals surface area contributed by atoms with Gasteiger partial charge >= 0.3 is 0 Å². The minimum absolute atomic E-state index is 0.222. The van der Waals surface area contributed by atoms with Gasteiger partial charge in [-0.25, -0.2) is 0 Å². The van der Waals surface area contributed by atoms with Gasteiger partial charge in [-0.15, -0.1) is 0 Å². The molecule has 2 nitrogen and oxygen atoms in total. The monoisotopic (exact) mass is 269 g/mol. The third-order valence-corrected chi connectivity index (χ3v) is 5.99. The summed E-state index contributed by atoms with van der Waals surface area (Å²) >= 11 is 0. The first kappa shape index (κ1) is 12.4. The second-order valence-electron chi connectivity index (χ2n) is 7.41. The van der Waals surface area contributed by atoms with Gasteiger partial charge in [-0.3, -0.25) is 0 Å². The molecule has 0 radical (unpaired) electrons. The van der Waals surface area contributed by atoms with Crippen LogP contribution in [-0.2, 0) is 6.42 Å². The zero-order valence-corrected chi connectivity index (χ0v) is 12.0. The molecule has 4 saturated carbocycles. The summed E-state index contributed by atoms with van der Waals surface area (Å²) in [7, 11) is 0. The van der Waals surface area contributed by atoms with E-state index in [2.05, 4.69) is 29.4 Å². The maximum Gasteiger partial charge on any atom is 0.0676 e. The van der Waals surface area contributed by atoms with Crippen molar-refractivity contribution in [3.63, 3.8) is 0 Å². The lowest BCUT2D eigenvalue weighted by Crippen LogP contribution is -2.50. The van der Waals surface area contributed by atoms with E-state index < -0.39 is 0 Å². The van der Waals surface area contributed by atoms with Crippen LogP contribution in [0.1, 0.15) is 44.1 Å². The summed E-state index contributed by atoms with van der Waals surface area (Å²) < 4.78 is 0. The van der Waals surface area contributed by atoms with Crippen molar-refractivity contribution < 1.29 is 5.21 Å². The smallest absolute Gasteiger partial charge is 0.0676 e. The van der Waals surface area contributed by atoms with Crippen LogP contribution in [0.25, 0.3) is 0 Å². The van der Waals surface area contributed by atoms with E-state index in [1.165, 1.54) is 44.1 Å². The SMILES string of the molecule is ON=C(Cc1ccccc1)C12CC3CC(CC(C3)C1)C2. The highest BCUT2D eigenvalue weighted by Crippen LogP contribution is 2.60. The fraction of sp³-hybridized carbons (Fsp3) is 0.611. The number of nitrogens with zero attached hydrogens (tertiary/aromatic N) is 1. The molecule has 2 heteroatoms. The summed E-state index contributed by atoms with van der Waals surface area (Å²) in [4.78, 5) is 0. The molecule has 0 saturated heterocycles. The summed E-state index contributed by atoms with van der Waals surface area (Å²) in [5.74, 6) is 2.69. The highest BCUT2D eigenvalue weighted by molar-refractivity contribution is 5.92. The van der Waals surface area contributed by atoms with Crippen molar-refractivity contribution in [2.24, 2.45) is 28.3 Å². The molecule has 1 aromatic carbocycles. The third kappa shape index (κ3) is 1.97. The predicted molar refractivity (Wildman–Crippen MR) is 80.0 cm³/mol. The molecule has 1 N–H and O–H groups in total. The van der Waals surface area contributed by atoms with Gasteiger partial charge in [-0.1, -0.05) is 35.5 Å². The molecule has 4 fully saturated rings. The maximum absolute atomic E-state index is 9.64. The number of benzene rings is 1. The minimum Gasteiger partial charge on any atom is -0.411 e. The Morgan fingerprint density at radius 1 is 1.00 bits per heavy atom. The van der Waals surface area contributed by atoms with Crippen LogP contribution in [0.15, 0.2) is 35.5 Å². The van der Waals surface area contributed by atoms with E-state index in [0.29, 0.717) is 0 Å². The van der Waals surface area contributed by atoms with E-state index in [1.54, 1.807) is 0 Å². The highest BCUT2D eigenvalue weighted by Gasteiger charge is 2.53. The van der Waals surface area contributed by atoms with E-state index in [1.807, 2.05) is 6.07 Å². The Morgan fingerprint density at radius 2 is 1.55 bits per heavy atom. The van der Waals surface area contributed by atoms with Gasteiger partial charge < -0.3 is 5.21 Å². The van der Waals surface area contributed by atoms with Crippen LogP contribution < -0.4 is 0 Å². The quantitative estimate of drug-likeness (QED) is 0.496. The molecule has 0 spiro atoms. The second kappa shape index (κ2) is 4.61. The zero-order chi connectivity index (χ0) is 13.6. The van der Waals surface area contributed by atoms with Crippen LogP contribution in [0.5, 0.6) is 0 Å². The van der Waals surface area contributed by atoms with Crippen molar-refractivity contribution >= 4 is 5.71 Å². The first-order valence-corrected chi connectivity index (χ1v) is 8.03.